The van der Waals surface area contributed by atoms with Crippen LogP contribution in [-0.2, 0) is 0 Å². The Morgan fingerprint density at radius 1 is 1.11 bits per heavy atom. The summed E-state index contributed by atoms with van der Waals surface area (Å²) in [6.07, 6.45) is 16.9. The van der Waals surface area contributed by atoms with E-state index in [4.69, 9.17) is 0 Å². The van der Waals surface area contributed by atoms with Crippen LogP contribution in [0.5, 0.6) is 0 Å². The molecule has 0 aliphatic rings. The highest BCUT2D eigenvalue weighted by Crippen LogP contribution is 2.13. The number of allylic oxidation sites excluding steroid dienone is 8. The fourth-order valence-corrected chi connectivity index (χ4v) is 1.34. The molecule has 0 aromatic carbocycles. The lowest BCUT2D eigenvalue weighted by Crippen LogP contribution is -2.14. The quantitative estimate of drug-likeness (QED) is 0.536. The topological polar surface area (TPSA) is 3.24 Å². The summed E-state index contributed by atoms with van der Waals surface area (Å²) in [6.45, 7) is 15.6. The van der Waals surface area contributed by atoms with Gasteiger partial charge in [0.2, 0.25) is 0 Å². The molecule has 0 unspecified atom stereocenters. The van der Waals surface area contributed by atoms with Crippen LogP contribution in [0.3, 0.4) is 0 Å². The SMILES string of the molecule is C=C/C=C\C(=C/C)N(C)/C(C=C)=C/C=C\CC.CC. The Hall–Kier alpha value is -1.76. The minimum atomic E-state index is 1.04. The molecule has 106 valence electrons. The van der Waals surface area contributed by atoms with Crippen LogP contribution >= 0.6 is 0 Å². The zero-order valence-corrected chi connectivity index (χ0v) is 13.2. The Labute approximate surface area is 120 Å². The number of hydrogen-bond acceptors (Lipinski definition) is 1. The molecule has 0 bridgehead atoms. The highest BCUT2D eigenvalue weighted by Gasteiger charge is 2.02. The van der Waals surface area contributed by atoms with E-state index in [0.29, 0.717) is 0 Å². The Kier molecular flexibility index (Phi) is 14.7. The van der Waals surface area contributed by atoms with E-state index >= 15 is 0 Å². The minimum absolute atomic E-state index is 1.04. The van der Waals surface area contributed by atoms with Crippen molar-refractivity contribution < 1.29 is 0 Å². The molecule has 0 aromatic heterocycles. The lowest BCUT2D eigenvalue weighted by atomic mass is 10.2. The molecule has 0 spiro atoms. The van der Waals surface area contributed by atoms with Crippen molar-refractivity contribution >= 4 is 0 Å². The lowest BCUT2D eigenvalue weighted by molar-refractivity contribution is 0.553. The summed E-state index contributed by atoms with van der Waals surface area (Å²) in [7, 11) is 2.02. The van der Waals surface area contributed by atoms with Crippen LogP contribution in [0.1, 0.15) is 34.1 Å². The maximum atomic E-state index is 3.84. The molecular weight excluding hydrogens is 230 g/mol. The fraction of sp³-hybridized carbons (Fsp3) is 0.333. The molecule has 0 saturated heterocycles. The lowest BCUT2D eigenvalue weighted by Gasteiger charge is -2.21. The van der Waals surface area contributed by atoms with Gasteiger partial charge in [0.05, 0.1) is 0 Å². The summed E-state index contributed by atoms with van der Waals surface area (Å²) >= 11 is 0. The van der Waals surface area contributed by atoms with Crippen LogP contribution in [-0.4, -0.2) is 11.9 Å². The summed E-state index contributed by atoms with van der Waals surface area (Å²) in [4.78, 5) is 2.09. The first-order valence-corrected chi connectivity index (χ1v) is 6.89. The fourth-order valence-electron chi connectivity index (χ4n) is 1.34. The molecule has 0 rings (SSSR count). The maximum absolute atomic E-state index is 3.84. The second-order valence-corrected chi connectivity index (χ2v) is 3.50. The van der Waals surface area contributed by atoms with Crippen molar-refractivity contribution in [1.82, 2.24) is 4.90 Å². The van der Waals surface area contributed by atoms with Gasteiger partial charge in [-0.2, -0.15) is 0 Å². The average Bonchev–Trinajstić information content (AvgIpc) is 2.46. The molecule has 0 saturated carbocycles. The predicted octanol–water partition coefficient (Wildman–Crippen LogP) is 5.63. The molecular formula is C18H29N. The molecule has 0 atom stereocenters. The predicted molar refractivity (Wildman–Crippen MR) is 89.9 cm³/mol. The summed E-state index contributed by atoms with van der Waals surface area (Å²) in [5.74, 6) is 0. The number of hydrogen-bond donors (Lipinski definition) is 0. The van der Waals surface area contributed by atoms with E-state index < -0.39 is 0 Å². The largest absolute Gasteiger partial charge is 0.345 e. The molecule has 0 aliphatic heterocycles. The normalized spacial score (nSPS) is 12.3. The molecule has 1 nitrogen and oxygen atoms in total. The van der Waals surface area contributed by atoms with Crippen molar-refractivity contribution in [2.75, 3.05) is 7.05 Å². The summed E-state index contributed by atoms with van der Waals surface area (Å²) in [5, 5.41) is 0. The second-order valence-electron chi connectivity index (χ2n) is 3.50. The second kappa shape index (κ2) is 14.3. The van der Waals surface area contributed by atoms with Gasteiger partial charge in [-0.1, -0.05) is 64.3 Å². The zero-order valence-electron chi connectivity index (χ0n) is 13.2. The van der Waals surface area contributed by atoms with Gasteiger partial charge >= 0.3 is 0 Å². The maximum Gasteiger partial charge on any atom is 0.0401 e. The van der Waals surface area contributed by atoms with E-state index in [1.165, 1.54) is 0 Å². The summed E-state index contributed by atoms with van der Waals surface area (Å²) < 4.78 is 0. The van der Waals surface area contributed by atoms with E-state index in [1.807, 2.05) is 46.0 Å². The molecule has 0 radical (unpaired) electrons. The van der Waals surface area contributed by atoms with Crippen LogP contribution in [0.2, 0.25) is 0 Å². The van der Waals surface area contributed by atoms with Gasteiger partial charge in [-0.15, -0.1) is 0 Å². The van der Waals surface area contributed by atoms with E-state index in [9.17, 15) is 0 Å². The third kappa shape index (κ3) is 8.90. The van der Waals surface area contributed by atoms with Gasteiger partial charge in [0.25, 0.3) is 0 Å². The number of likely N-dealkylation sites (N-methyl/N-ethyl adjacent to an activating group) is 1. The molecule has 0 aromatic rings. The van der Waals surface area contributed by atoms with Crippen LogP contribution < -0.4 is 0 Å². The Morgan fingerprint density at radius 2 is 1.74 bits per heavy atom. The molecule has 0 fully saturated rings. The number of rotatable bonds is 7. The Bertz CT molecular complexity index is 354. The van der Waals surface area contributed by atoms with Crippen LogP contribution in [0, 0.1) is 0 Å². The van der Waals surface area contributed by atoms with Crippen LogP contribution in [0.25, 0.3) is 0 Å². The third-order valence-electron chi connectivity index (χ3n) is 2.32. The monoisotopic (exact) mass is 259 g/mol. The first-order valence-electron chi connectivity index (χ1n) is 6.89. The first kappa shape index (κ1) is 19.6. The van der Waals surface area contributed by atoms with E-state index in [1.54, 1.807) is 6.08 Å². The smallest absolute Gasteiger partial charge is 0.0401 e. The summed E-state index contributed by atoms with van der Waals surface area (Å²) in [5.41, 5.74) is 2.18. The van der Waals surface area contributed by atoms with Gasteiger partial charge in [0, 0.05) is 18.4 Å². The Morgan fingerprint density at radius 3 is 2.16 bits per heavy atom. The highest BCUT2D eigenvalue weighted by atomic mass is 15.1. The van der Waals surface area contributed by atoms with Gasteiger partial charge in [-0.3, -0.25) is 0 Å². The molecule has 0 aliphatic carbocycles. The van der Waals surface area contributed by atoms with Gasteiger partial charge in [0.1, 0.15) is 0 Å². The van der Waals surface area contributed by atoms with Crippen LogP contribution in [0.15, 0.2) is 73.2 Å². The van der Waals surface area contributed by atoms with Crippen molar-refractivity contribution in [2.24, 2.45) is 0 Å². The number of nitrogens with zero attached hydrogens (tertiary/aromatic N) is 1. The standard InChI is InChI=1S/C16H23N.C2H6/c1-6-10-12-14-16(9-4)17(5)15(8-3)13-11-7-2;1-2/h7-14H,2,4,6H2,1,3,5H3;1-2H3/b12-10-,13-11-,15-8+,16-14+;. The molecule has 0 amide bonds. The van der Waals surface area contributed by atoms with Crippen molar-refractivity contribution in [3.63, 3.8) is 0 Å². The zero-order chi connectivity index (χ0) is 15.1. The van der Waals surface area contributed by atoms with Gasteiger partial charge in [-0.25, -0.2) is 0 Å². The van der Waals surface area contributed by atoms with Crippen molar-refractivity contribution in [3.05, 3.63) is 73.2 Å². The van der Waals surface area contributed by atoms with E-state index in [-0.39, 0.29) is 0 Å². The Balaban J connectivity index is 0. The molecule has 1 heteroatoms. The van der Waals surface area contributed by atoms with Crippen LogP contribution in [0.4, 0.5) is 0 Å². The molecule has 0 N–H and O–H groups in total. The van der Waals surface area contributed by atoms with E-state index in [0.717, 1.165) is 17.8 Å². The first-order chi connectivity index (χ1) is 9.21. The van der Waals surface area contributed by atoms with Crippen molar-refractivity contribution in [3.8, 4) is 0 Å². The molecule has 19 heavy (non-hydrogen) atoms. The van der Waals surface area contributed by atoms with Gasteiger partial charge in [-0.05, 0) is 31.6 Å². The molecule has 0 heterocycles. The third-order valence-corrected chi connectivity index (χ3v) is 2.32. The van der Waals surface area contributed by atoms with Gasteiger partial charge in [0.15, 0.2) is 0 Å². The highest BCUT2D eigenvalue weighted by molar-refractivity contribution is 5.30. The minimum Gasteiger partial charge on any atom is -0.345 e. The average molecular weight is 259 g/mol. The summed E-state index contributed by atoms with van der Waals surface area (Å²) in [6, 6.07) is 0. The van der Waals surface area contributed by atoms with Crippen molar-refractivity contribution in [2.45, 2.75) is 34.1 Å². The van der Waals surface area contributed by atoms with Gasteiger partial charge < -0.3 is 4.90 Å². The van der Waals surface area contributed by atoms with Crippen molar-refractivity contribution in [1.29, 1.82) is 0 Å². The van der Waals surface area contributed by atoms with E-state index in [2.05, 4.69) is 49.3 Å².